The number of nitrogens with two attached hydrogens (primary N) is 1. The predicted molar refractivity (Wildman–Crippen MR) is 186 cm³/mol. The molecule has 0 radical (unpaired) electrons. The van der Waals surface area contributed by atoms with Crippen molar-refractivity contribution in [3.05, 3.63) is 72.6 Å². The zero-order chi connectivity index (χ0) is 34.9. The third kappa shape index (κ3) is 7.43. The maximum Gasteiger partial charge on any atom is 0.243 e. The first-order valence-electron chi connectivity index (χ1n) is 17.0. The first-order chi connectivity index (χ1) is 23.4. The van der Waals surface area contributed by atoms with Crippen LogP contribution in [0.4, 0.5) is 0 Å². The number of nitrogens with one attached hydrogen (secondary N) is 4. The van der Waals surface area contributed by atoms with Gasteiger partial charge in [0.25, 0.3) is 0 Å². The Bertz CT molecular complexity index is 1870. The SMILES string of the molecule is CC(C)C(CC(=O)NC1(C#N)CC1)c1ncc(-c2ccc(-c3ccc(-c4cnc(C(CC(=O)NC5(C(N)=O)CC5)C(C)C)[nH]4)cc3)cc2)[nH]1. The Morgan fingerprint density at radius 1 is 0.735 bits per heavy atom. The Kier molecular flexibility index (Phi) is 9.16. The summed E-state index contributed by atoms with van der Waals surface area (Å²) in [5, 5.41) is 15.1. The summed E-state index contributed by atoms with van der Waals surface area (Å²) in [6, 6.07) is 18.7. The molecule has 11 nitrogen and oxygen atoms in total. The average Bonchev–Trinajstić information content (AvgIpc) is 3.92. The fourth-order valence-electron chi connectivity index (χ4n) is 6.31. The smallest absolute Gasteiger partial charge is 0.243 e. The standard InChI is InChI=1S/C38H44N8O3/c1-22(2)28(17-32(47)45-37(21-39)13-14-37)34-41-19-30(43-34)26-9-5-24(6-10-26)25-7-11-27(12-8-25)31-20-42-35(44-31)29(23(3)4)18-33(48)46-38(15-16-38)36(40)49/h5-12,19-20,22-23,28-29H,13-18H2,1-4H3,(H2,40,49)(H,41,43)(H,42,44)(H,45,47)(H,46,48). The van der Waals surface area contributed by atoms with Crippen LogP contribution in [0.25, 0.3) is 33.6 Å². The fourth-order valence-corrected chi connectivity index (χ4v) is 6.31. The highest BCUT2D eigenvalue weighted by Gasteiger charge is 2.50. The number of hydrogen-bond acceptors (Lipinski definition) is 6. The molecule has 2 fully saturated rings. The summed E-state index contributed by atoms with van der Waals surface area (Å²) in [6.07, 6.45) is 6.69. The molecule has 2 unspecified atom stereocenters. The molecule has 0 saturated heterocycles. The summed E-state index contributed by atoms with van der Waals surface area (Å²) in [4.78, 5) is 53.3. The zero-order valence-electron chi connectivity index (χ0n) is 28.5. The van der Waals surface area contributed by atoms with E-state index in [2.05, 4.69) is 101 Å². The van der Waals surface area contributed by atoms with Gasteiger partial charge in [-0.15, -0.1) is 0 Å². The van der Waals surface area contributed by atoms with E-state index in [1.807, 2.05) is 18.3 Å². The van der Waals surface area contributed by atoms with Crippen molar-refractivity contribution in [3.63, 3.8) is 0 Å². The lowest BCUT2D eigenvalue weighted by Crippen LogP contribution is -2.47. The van der Waals surface area contributed by atoms with Crippen LogP contribution in [-0.2, 0) is 14.4 Å². The van der Waals surface area contributed by atoms with Gasteiger partial charge in [0.2, 0.25) is 17.7 Å². The molecule has 2 aromatic heterocycles. The van der Waals surface area contributed by atoms with Gasteiger partial charge < -0.3 is 26.3 Å². The van der Waals surface area contributed by atoms with E-state index < -0.39 is 17.0 Å². The molecule has 254 valence electrons. The highest BCUT2D eigenvalue weighted by molar-refractivity contribution is 5.93. The molecule has 2 saturated carbocycles. The summed E-state index contributed by atoms with van der Waals surface area (Å²) >= 11 is 0. The normalized spacial score (nSPS) is 16.8. The van der Waals surface area contributed by atoms with Crippen LogP contribution in [-0.4, -0.2) is 48.7 Å². The van der Waals surface area contributed by atoms with Crippen molar-refractivity contribution in [1.82, 2.24) is 30.6 Å². The van der Waals surface area contributed by atoms with E-state index in [1.165, 1.54) is 0 Å². The van der Waals surface area contributed by atoms with Gasteiger partial charge >= 0.3 is 0 Å². The van der Waals surface area contributed by atoms with Crippen LogP contribution >= 0.6 is 0 Å². The number of primary amides is 1. The molecule has 4 aromatic rings. The average molecular weight is 661 g/mol. The topological polar surface area (TPSA) is 182 Å². The number of rotatable bonds is 14. The first-order valence-corrected chi connectivity index (χ1v) is 17.0. The van der Waals surface area contributed by atoms with Crippen LogP contribution in [0.5, 0.6) is 0 Å². The molecule has 0 aliphatic heterocycles. The summed E-state index contributed by atoms with van der Waals surface area (Å²) < 4.78 is 0. The Hall–Kier alpha value is -5.24. The number of carbonyl (C=O) groups excluding carboxylic acids is 3. The lowest BCUT2D eigenvalue weighted by Gasteiger charge is -2.20. The second kappa shape index (κ2) is 13.3. The molecule has 2 atom stereocenters. The first kappa shape index (κ1) is 33.7. The number of nitriles is 1. The van der Waals surface area contributed by atoms with Crippen molar-refractivity contribution < 1.29 is 14.4 Å². The summed E-state index contributed by atoms with van der Waals surface area (Å²) in [6.45, 7) is 8.25. The van der Waals surface area contributed by atoms with Gasteiger partial charge in [-0.25, -0.2) is 9.97 Å². The second-order valence-corrected chi connectivity index (χ2v) is 14.4. The van der Waals surface area contributed by atoms with Crippen LogP contribution in [0.1, 0.15) is 89.7 Å². The van der Waals surface area contributed by atoms with Gasteiger partial charge in [-0.2, -0.15) is 5.26 Å². The summed E-state index contributed by atoms with van der Waals surface area (Å²) in [5.41, 5.74) is 9.78. The van der Waals surface area contributed by atoms with E-state index in [4.69, 9.17) is 5.73 Å². The number of nitrogens with zero attached hydrogens (tertiary/aromatic N) is 3. The Morgan fingerprint density at radius 2 is 1.14 bits per heavy atom. The van der Waals surface area contributed by atoms with Crippen molar-refractivity contribution in [2.75, 3.05) is 0 Å². The molecule has 2 aromatic carbocycles. The van der Waals surface area contributed by atoms with Crippen LogP contribution in [0.15, 0.2) is 60.9 Å². The third-order valence-corrected chi connectivity index (χ3v) is 9.98. The van der Waals surface area contributed by atoms with Crippen LogP contribution in [0.2, 0.25) is 0 Å². The Balaban J connectivity index is 1.09. The molecule has 3 amide bonds. The molecule has 11 heteroatoms. The molecule has 0 spiro atoms. The van der Waals surface area contributed by atoms with Crippen LogP contribution < -0.4 is 16.4 Å². The number of benzene rings is 2. The predicted octanol–water partition coefficient (Wildman–Crippen LogP) is 5.70. The third-order valence-electron chi connectivity index (χ3n) is 9.98. The number of aromatic amines is 2. The lowest BCUT2D eigenvalue weighted by atomic mass is 9.91. The summed E-state index contributed by atoms with van der Waals surface area (Å²) in [5.74, 6) is 0.821. The molecule has 2 heterocycles. The van der Waals surface area contributed by atoms with Crippen LogP contribution in [0, 0.1) is 23.2 Å². The molecule has 6 N–H and O–H groups in total. The van der Waals surface area contributed by atoms with Crippen molar-refractivity contribution in [3.8, 4) is 39.7 Å². The maximum absolute atomic E-state index is 12.8. The molecule has 2 aliphatic carbocycles. The van der Waals surface area contributed by atoms with Gasteiger partial charge in [-0.05, 0) is 59.8 Å². The molecule has 2 aliphatic rings. The van der Waals surface area contributed by atoms with Crippen molar-refractivity contribution in [2.24, 2.45) is 17.6 Å². The number of hydrogen-bond donors (Lipinski definition) is 5. The number of imidazole rings is 2. The van der Waals surface area contributed by atoms with Crippen molar-refractivity contribution in [1.29, 1.82) is 5.26 Å². The van der Waals surface area contributed by atoms with E-state index >= 15 is 0 Å². The minimum absolute atomic E-state index is 0.0918. The van der Waals surface area contributed by atoms with Crippen molar-refractivity contribution in [2.45, 2.75) is 89.1 Å². The van der Waals surface area contributed by atoms with Crippen molar-refractivity contribution >= 4 is 17.7 Å². The van der Waals surface area contributed by atoms with Gasteiger partial charge in [0.15, 0.2) is 0 Å². The number of carbonyl (C=O) groups is 3. The van der Waals surface area contributed by atoms with E-state index in [-0.39, 0.29) is 48.3 Å². The second-order valence-electron chi connectivity index (χ2n) is 14.4. The number of amides is 3. The molecule has 0 bridgehead atoms. The lowest BCUT2D eigenvalue weighted by molar-refractivity contribution is -0.128. The van der Waals surface area contributed by atoms with E-state index in [0.717, 1.165) is 45.3 Å². The van der Waals surface area contributed by atoms with Gasteiger partial charge in [-0.1, -0.05) is 76.2 Å². The Morgan fingerprint density at radius 3 is 1.49 bits per heavy atom. The molecular formula is C38H44N8O3. The molecule has 6 rings (SSSR count). The van der Waals surface area contributed by atoms with E-state index in [1.54, 1.807) is 6.20 Å². The largest absolute Gasteiger partial charge is 0.368 e. The fraction of sp³-hybridized carbons (Fsp3) is 0.421. The quantitative estimate of drug-likeness (QED) is 0.116. The number of H-pyrrole nitrogens is 2. The highest BCUT2D eigenvalue weighted by Crippen LogP contribution is 2.37. The van der Waals surface area contributed by atoms with Gasteiger partial charge in [0, 0.05) is 24.7 Å². The molecular weight excluding hydrogens is 616 g/mol. The van der Waals surface area contributed by atoms with Crippen LogP contribution in [0.3, 0.4) is 0 Å². The van der Waals surface area contributed by atoms with Gasteiger partial charge in [0.05, 0.1) is 29.9 Å². The maximum atomic E-state index is 12.8. The van der Waals surface area contributed by atoms with E-state index in [9.17, 15) is 19.6 Å². The van der Waals surface area contributed by atoms with E-state index in [0.29, 0.717) is 25.7 Å². The monoisotopic (exact) mass is 660 g/mol. The minimum atomic E-state index is -0.880. The minimum Gasteiger partial charge on any atom is -0.368 e. The van der Waals surface area contributed by atoms with Gasteiger partial charge in [-0.3, -0.25) is 14.4 Å². The van der Waals surface area contributed by atoms with Gasteiger partial charge in [0.1, 0.15) is 22.7 Å². The number of aromatic nitrogens is 4. The Labute approximate surface area is 286 Å². The molecule has 49 heavy (non-hydrogen) atoms. The zero-order valence-corrected chi connectivity index (χ0v) is 28.5. The highest BCUT2D eigenvalue weighted by atomic mass is 16.2. The summed E-state index contributed by atoms with van der Waals surface area (Å²) in [7, 11) is 0.